The van der Waals surface area contributed by atoms with Crippen molar-refractivity contribution < 1.29 is 27.4 Å². The van der Waals surface area contributed by atoms with Crippen LogP contribution in [-0.4, -0.2) is 99.7 Å². The number of hydrogen-bond acceptors (Lipinski definition) is 9. The van der Waals surface area contributed by atoms with Gasteiger partial charge < -0.3 is 24.2 Å². The van der Waals surface area contributed by atoms with Gasteiger partial charge in [0.2, 0.25) is 18.2 Å². The highest BCUT2D eigenvalue weighted by Gasteiger charge is 2.39. The summed E-state index contributed by atoms with van der Waals surface area (Å²) in [7, 11) is 1.74. The summed E-state index contributed by atoms with van der Waals surface area (Å²) in [6.07, 6.45) is 0.751. The van der Waals surface area contributed by atoms with Crippen LogP contribution in [0.2, 0.25) is 5.02 Å². The zero-order chi connectivity index (χ0) is 29.5. The van der Waals surface area contributed by atoms with E-state index in [0.29, 0.717) is 48.3 Å². The fraction of sp³-hybridized carbons (Fsp3) is 0.370. The second-order valence-corrected chi connectivity index (χ2v) is 10.5. The van der Waals surface area contributed by atoms with E-state index in [4.69, 9.17) is 21.1 Å². The first-order valence-electron chi connectivity index (χ1n) is 13.2. The number of piperazine rings is 1. The SMILES string of the molecule is C=CC(=O)N1CCN(c2nc(OC3CN(C)C[C@H]3C(F)F)nc3c(Oc4c(Cl)c(F)cc5[nH]ncc45)nccc23)CC1. The summed E-state index contributed by atoms with van der Waals surface area (Å²) in [6, 6.07) is 2.76. The van der Waals surface area contributed by atoms with E-state index in [9.17, 15) is 18.0 Å². The molecule has 4 aromatic rings. The van der Waals surface area contributed by atoms with Crippen molar-refractivity contribution in [1.82, 2.24) is 34.9 Å². The molecule has 2 aliphatic heterocycles. The van der Waals surface area contributed by atoms with Crippen LogP contribution in [0.1, 0.15) is 0 Å². The molecule has 1 unspecified atom stereocenters. The van der Waals surface area contributed by atoms with Gasteiger partial charge in [0, 0.05) is 51.5 Å². The zero-order valence-electron chi connectivity index (χ0n) is 22.4. The Labute approximate surface area is 242 Å². The Kier molecular flexibility index (Phi) is 7.49. The number of aromatic nitrogens is 5. The quantitative estimate of drug-likeness (QED) is 0.315. The third-order valence-corrected chi connectivity index (χ3v) is 7.82. The van der Waals surface area contributed by atoms with E-state index in [-0.39, 0.29) is 47.2 Å². The lowest BCUT2D eigenvalue weighted by atomic mass is 10.1. The number of amides is 1. The van der Waals surface area contributed by atoms with Gasteiger partial charge in [-0.3, -0.25) is 9.89 Å². The van der Waals surface area contributed by atoms with Gasteiger partial charge in [0.05, 0.1) is 28.4 Å². The molecule has 0 bridgehead atoms. The Morgan fingerprint density at radius 2 is 2.00 bits per heavy atom. The Morgan fingerprint density at radius 3 is 2.74 bits per heavy atom. The highest BCUT2D eigenvalue weighted by molar-refractivity contribution is 6.33. The molecule has 3 aromatic heterocycles. The van der Waals surface area contributed by atoms with Crippen molar-refractivity contribution in [3.05, 3.63) is 48.0 Å². The number of hydrogen-bond donors (Lipinski definition) is 1. The fourth-order valence-electron chi connectivity index (χ4n) is 5.33. The average molecular weight is 603 g/mol. The fourth-order valence-corrected chi connectivity index (χ4v) is 5.52. The molecule has 6 rings (SSSR count). The molecule has 2 atom stereocenters. The molecule has 0 spiro atoms. The molecule has 5 heterocycles. The number of anilines is 1. The summed E-state index contributed by atoms with van der Waals surface area (Å²) in [6.45, 7) is 5.67. The molecule has 0 radical (unpaired) electrons. The summed E-state index contributed by atoms with van der Waals surface area (Å²) in [4.78, 5) is 31.0. The third kappa shape index (κ3) is 5.15. The first kappa shape index (κ1) is 28.0. The van der Waals surface area contributed by atoms with Gasteiger partial charge in [-0.15, -0.1) is 0 Å². The number of ether oxygens (including phenoxy) is 2. The van der Waals surface area contributed by atoms with E-state index < -0.39 is 24.3 Å². The second kappa shape index (κ2) is 11.2. The molecule has 2 aliphatic rings. The van der Waals surface area contributed by atoms with E-state index in [2.05, 4.69) is 31.7 Å². The standard InChI is InChI=1S/C27H26ClF3N8O3/c1-3-20(40)38-6-8-39(9-7-38)25-14-4-5-32-26(42-23-15-11-33-36-18(15)10-17(29)21(23)28)22(14)34-27(35-25)41-19-13-37(2)12-16(19)24(30)31/h3-5,10-11,16,19,24H,1,6-9,12-13H2,2H3,(H,33,36)/t16-,19?/m1/s1. The topological polar surface area (TPSA) is 113 Å². The third-order valence-electron chi connectivity index (χ3n) is 7.47. The molecule has 1 N–H and O–H groups in total. The van der Waals surface area contributed by atoms with Crippen LogP contribution in [0.25, 0.3) is 21.8 Å². The number of nitrogens with one attached hydrogen (secondary N) is 1. The van der Waals surface area contributed by atoms with Crippen LogP contribution in [0, 0.1) is 11.7 Å². The van der Waals surface area contributed by atoms with Gasteiger partial charge >= 0.3 is 6.01 Å². The number of pyridine rings is 1. The predicted octanol–water partition coefficient (Wildman–Crippen LogP) is 3.89. The molecule has 11 nitrogen and oxygen atoms in total. The van der Waals surface area contributed by atoms with Crippen LogP contribution in [0.15, 0.2) is 37.2 Å². The van der Waals surface area contributed by atoms with Crippen molar-refractivity contribution in [2.24, 2.45) is 5.92 Å². The number of halogens is 4. The predicted molar refractivity (Wildman–Crippen MR) is 149 cm³/mol. The lowest BCUT2D eigenvalue weighted by molar-refractivity contribution is -0.126. The van der Waals surface area contributed by atoms with Crippen LogP contribution in [0.4, 0.5) is 19.0 Å². The number of likely N-dealkylation sites (tertiary alicyclic amines) is 1. The smallest absolute Gasteiger partial charge is 0.319 e. The second-order valence-electron chi connectivity index (χ2n) is 10.2. The monoisotopic (exact) mass is 602 g/mol. The van der Waals surface area contributed by atoms with Gasteiger partial charge in [0.15, 0.2) is 5.75 Å². The van der Waals surface area contributed by atoms with E-state index in [1.807, 2.05) is 4.90 Å². The van der Waals surface area contributed by atoms with Gasteiger partial charge in [0.1, 0.15) is 28.3 Å². The van der Waals surface area contributed by atoms with E-state index in [1.165, 1.54) is 24.5 Å². The lowest BCUT2D eigenvalue weighted by Crippen LogP contribution is -2.48. The van der Waals surface area contributed by atoms with E-state index in [1.54, 1.807) is 22.9 Å². The van der Waals surface area contributed by atoms with Crippen LogP contribution in [0.3, 0.4) is 0 Å². The summed E-state index contributed by atoms with van der Waals surface area (Å²) >= 11 is 6.29. The maximum absolute atomic E-state index is 14.6. The summed E-state index contributed by atoms with van der Waals surface area (Å²) in [5, 5.41) is 7.30. The number of H-pyrrole nitrogens is 1. The minimum absolute atomic E-state index is 0.0187. The van der Waals surface area contributed by atoms with Gasteiger partial charge in [-0.05, 0) is 19.2 Å². The number of benzene rings is 1. The highest BCUT2D eigenvalue weighted by atomic mass is 35.5. The zero-order valence-corrected chi connectivity index (χ0v) is 23.2. The van der Waals surface area contributed by atoms with E-state index in [0.717, 1.165) is 0 Å². The number of nitrogens with zero attached hydrogens (tertiary/aromatic N) is 7. The summed E-state index contributed by atoms with van der Waals surface area (Å²) < 4.78 is 54.4. The van der Waals surface area contributed by atoms with Crippen molar-refractivity contribution in [3.8, 4) is 17.6 Å². The largest absolute Gasteiger partial charge is 0.458 e. The molecule has 0 aliphatic carbocycles. The molecule has 15 heteroatoms. The number of aromatic amines is 1. The number of carbonyl (C=O) groups excluding carboxylic acids is 1. The Bertz CT molecular complexity index is 1660. The maximum Gasteiger partial charge on any atom is 0.319 e. The molecule has 0 saturated carbocycles. The van der Waals surface area contributed by atoms with Crippen LogP contribution in [-0.2, 0) is 4.79 Å². The minimum atomic E-state index is -2.59. The number of rotatable bonds is 7. The number of likely N-dealkylation sites (N-methyl/N-ethyl adjacent to an activating group) is 1. The lowest BCUT2D eigenvalue weighted by Gasteiger charge is -2.35. The van der Waals surface area contributed by atoms with Crippen molar-refractivity contribution in [2.75, 3.05) is 51.2 Å². The molecule has 1 aromatic carbocycles. The Balaban J connectivity index is 1.43. The van der Waals surface area contributed by atoms with Crippen molar-refractivity contribution >= 4 is 45.1 Å². The molecule has 2 fully saturated rings. The van der Waals surface area contributed by atoms with Crippen LogP contribution in [0.5, 0.6) is 17.6 Å². The van der Waals surface area contributed by atoms with Crippen molar-refractivity contribution in [1.29, 1.82) is 0 Å². The summed E-state index contributed by atoms with van der Waals surface area (Å²) in [5.41, 5.74) is 0.570. The molecular formula is C27H26ClF3N8O3. The van der Waals surface area contributed by atoms with Gasteiger partial charge in [-0.2, -0.15) is 15.1 Å². The van der Waals surface area contributed by atoms with E-state index >= 15 is 0 Å². The maximum atomic E-state index is 14.6. The number of alkyl halides is 2. The number of carbonyl (C=O) groups is 1. The van der Waals surface area contributed by atoms with Gasteiger partial charge in [-0.25, -0.2) is 18.2 Å². The molecule has 220 valence electrons. The minimum Gasteiger partial charge on any atom is -0.458 e. The van der Waals surface area contributed by atoms with Crippen LogP contribution < -0.4 is 14.4 Å². The molecule has 1 amide bonds. The normalized spacial score (nSPS) is 19.7. The average Bonchev–Trinajstić information content (AvgIpc) is 3.60. The van der Waals surface area contributed by atoms with Crippen LogP contribution >= 0.6 is 11.6 Å². The van der Waals surface area contributed by atoms with Gasteiger partial charge in [0.25, 0.3) is 0 Å². The van der Waals surface area contributed by atoms with Crippen molar-refractivity contribution in [2.45, 2.75) is 12.5 Å². The number of fused-ring (bicyclic) bond motifs is 2. The summed E-state index contributed by atoms with van der Waals surface area (Å²) in [5.74, 6) is -1.52. The Morgan fingerprint density at radius 1 is 1.21 bits per heavy atom. The first-order chi connectivity index (χ1) is 20.2. The van der Waals surface area contributed by atoms with Crippen molar-refractivity contribution in [3.63, 3.8) is 0 Å². The van der Waals surface area contributed by atoms with Gasteiger partial charge in [-0.1, -0.05) is 18.2 Å². The molecule has 42 heavy (non-hydrogen) atoms. The first-order valence-corrected chi connectivity index (χ1v) is 13.6. The molecule has 2 saturated heterocycles. The Hall–Kier alpha value is -4.17. The highest BCUT2D eigenvalue weighted by Crippen LogP contribution is 2.40. The molecular weight excluding hydrogens is 577 g/mol.